The van der Waals surface area contributed by atoms with E-state index in [0.29, 0.717) is 17.1 Å². The first-order valence-corrected chi connectivity index (χ1v) is 8.62. The summed E-state index contributed by atoms with van der Waals surface area (Å²) in [4.78, 5) is 18.0. The number of nitrogens with zero attached hydrogens (tertiary/aromatic N) is 1. The molecule has 1 aromatic carbocycles. The van der Waals surface area contributed by atoms with E-state index in [0.717, 1.165) is 23.7 Å². The monoisotopic (exact) mass is 333 g/mol. The Morgan fingerprint density at radius 3 is 2.70 bits per heavy atom. The SMILES string of the molecule is CN(C)C1(CNC(=O)c2ccc3[nH]ccc3c2Cl)CCCCC1. The van der Waals surface area contributed by atoms with Crippen LogP contribution in [0, 0.1) is 0 Å². The van der Waals surface area contributed by atoms with Crippen LogP contribution in [-0.2, 0) is 0 Å². The topological polar surface area (TPSA) is 48.1 Å². The van der Waals surface area contributed by atoms with Gasteiger partial charge in [0.1, 0.15) is 0 Å². The van der Waals surface area contributed by atoms with E-state index < -0.39 is 0 Å². The van der Waals surface area contributed by atoms with Crippen LogP contribution in [0.5, 0.6) is 0 Å². The number of hydrogen-bond acceptors (Lipinski definition) is 2. The lowest BCUT2D eigenvalue weighted by molar-refractivity contribution is 0.0800. The van der Waals surface area contributed by atoms with Crippen LogP contribution in [0.2, 0.25) is 5.02 Å². The Bertz CT molecular complexity index is 701. The summed E-state index contributed by atoms with van der Waals surface area (Å²) in [7, 11) is 4.21. The van der Waals surface area contributed by atoms with E-state index in [1.165, 1.54) is 19.3 Å². The van der Waals surface area contributed by atoms with Crippen molar-refractivity contribution >= 4 is 28.4 Å². The molecule has 1 fully saturated rings. The minimum Gasteiger partial charge on any atom is -0.361 e. The first-order chi connectivity index (χ1) is 11.0. The molecule has 0 aliphatic heterocycles. The van der Waals surface area contributed by atoms with Crippen LogP contribution in [0.15, 0.2) is 24.4 Å². The van der Waals surface area contributed by atoms with Crippen LogP contribution in [0.1, 0.15) is 42.5 Å². The summed E-state index contributed by atoms with van der Waals surface area (Å²) in [5.74, 6) is -0.0927. The Labute approximate surface area is 142 Å². The lowest BCUT2D eigenvalue weighted by Crippen LogP contribution is -2.53. The Kier molecular flexibility index (Phi) is 4.64. The molecule has 4 nitrogen and oxygen atoms in total. The van der Waals surface area contributed by atoms with Gasteiger partial charge in [0.15, 0.2) is 0 Å². The van der Waals surface area contributed by atoms with Crippen molar-refractivity contribution in [2.45, 2.75) is 37.6 Å². The zero-order valence-corrected chi connectivity index (χ0v) is 14.5. The highest BCUT2D eigenvalue weighted by Crippen LogP contribution is 2.32. The number of rotatable bonds is 4. The second-order valence-corrected chi connectivity index (χ2v) is 7.11. The number of hydrogen-bond donors (Lipinski definition) is 2. The number of benzene rings is 1. The van der Waals surface area contributed by atoms with Gasteiger partial charge in [-0.1, -0.05) is 30.9 Å². The van der Waals surface area contributed by atoms with Crippen molar-refractivity contribution in [3.63, 3.8) is 0 Å². The molecule has 1 amide bonds. The zero-order chi connectivity index (χ0) is 16.4. The third-order valence-electron chi connectivity index (χ3n) is 5.22. The van der Waals surface area contributed by atoms with E-state index in [1.54, 1.807) is 6.07 Å². The van der Waals surface area contributed by atoms with Crippen molar-refractivity contribution in [2.24, 2.45) is 0 Å². The molecular formula is C18H24ClN3O. The Hall–Kier alpha value is -1.52. The van der Waals surface area contributed by atoms with E-state index in [2.05, 4.69) is 29.3 Å². The smallest absolute Gasteiger partial charge is 0.252 e. The van der Waals surface area contributed by atoms with E-state index in [1.807, 2.05) is 18.3 Å². The van der Waals surface area contributed by atoms with Gasteiger partial charge in [-0.25, -0.2) is 0 Å². The highest BCUT2D eigenvalue weighted by Gasteiger charge is 2.34. The average Bonchev–Trinajstić information content (AvgIpc) is 3.03. The molecule has 0 saturated heterocycles. The van der Waals surface area contributed by atoms with Crippen LogP contribution in [0.25, 0.3) is 10.9 Å². The first kappa shape index (κ1) is 16.3. The predicted octanol–water partition coefficient (Wildman–Crippen LogP) is 3.82. The molecule has 0 atom stereocenters. The molecular weight excluding hydrogens is 310 g/mol. The fourth-order valence-corrected chi connectivity index (χ4v) is 3.92. The fourth-order valence-electron chi connectivity index (χ4n) is 3.60. The van der Waals surface area contributed by atoms with Gasteiger partial charge in [0.2, 0.25) is 0 Å². The second-order valence-electron chi connectivity index (χ2n) is 6.73. The summed E-state index contributed by atoms with van der Waals surface area (Å²) >= 11 is 6.41. The maximum Gasteiger partial charge on any atom is 0.252 e. The molecule has 23 heavy (non-hydrogen) atoms. The van der Waals surface area contributed by atoms with Crippen LogP contribution >= 0.6 is 11.6 Å². The van der Waals surface area contributed by atoms with Gasteiger partial charge < -0.3 is 15.2 Å². The predicted molar refractivity (Wildman–Crippen MR) is 95.1 cm³/mol. The molecule has 1 saturated carbocycles. The summed E-state index contributed by atoms with van der Waals surface area (Å²) < 4.78 is 0. The molecule has 2 aromatic rings. The third-order valence-corrected chi connectivity index (χ3v) is 5.63. The van der Waals surface area contributed by atoms with E-state index in [-0.39, 0.29) is 11.4 Å². The molecule has 1 aliphatic carbocycles. The molecule has 0 radical (unpaired) electrons. The van der Waals surface area contributed by atoms with E-state index in [4.69, 9.17) is 11.6 Å². The molecule has 124 valence electrons. The number of amides is 1. The molecule has 2 N–H and O–H groups in total. The molecule has 0 spiro atoms. The van der Waals surface area contributed by atoms with Gasteiger partial charge in [0.25, 0.3) is 5.91 Å². The maximum atomic E-state index is 12.6. The van der Waals surface area contributed by atoms with Gasteiger partial charge in [-0.2, -0.15) is 0 Å². The Morgan fingerprint density at radius 2 is 2.00 bits per heavy atom. The number of likely N-dealkylation sites (N-methyl/N-ethyl adjacent to an activating group) is 1. The van der Waals surface area contributed by atoms with Crippen LogP contribution in [0.3, 0.4) is 0 Å². The molecule has 5 heteroatoms. The van der Waals surface area contributed by atoms with Gasteiger partial charge in [-0.05, 0) is 45.1 Å². The van der Waals surface area contributed by atoms with Crippen molar-refractivity contribution in [1.82, 2.24) is 15.2 Å². The fraction of sp³-hybridized carbons (Fsp3) is 0.500. The first-order valence-electron chi connectivity index (χ1n) is 8.25. The van der Waals surface area contributed by atoms with Gasteiger partial charge in [-0.15, -0.1) is 0 Å². The van der Waals surface area contributed by atoms with Crippen LogP contribution in [0.4, 0.5) is 0 Å². The second kappa shape index (κ2) is 6.54. The third kappa shape index (κ3) is 3.10. The molecule has 1 aliphatic rings. The number of H-pyrrole nitrogens is 1. The summed E-state index contributed by atoms with van der Waals surface area (Å²) in [6.07, 6.45) is 7.84. The lowest BCUT2D eigenvalue weighted by atomic mass is 9.80. The molecule has 3 rings (SSSR count). The zero-order valence-electron chi connectivity index (χ0n) is 13.8. The highest BCUT2D eigenvalue weighted by molar-refractivity contribution is 6.38. The number of halogens is 1. The van der Waals surface area contributed by atoms with Crippen molar-refractivity contribution < 1.29 is 4.79 Å². The van der Waals surface area contributed by atoms with E-state index in [9.17, 15) is 4.79 Å². The number of carbonyl (C=O) groups is 1. The van der Waals surface area contributed by atoms with Gasteiger partial charge in [0, 0.05) is 29.2 Å². The van der Waals surface area contributed by atoms with Gasteiger partial charge >= 0.3 is 0 Å². The standard InChI is InChI=1S/C18H24ClN3O/c1-22(2)18(9-4-3-5-10-18)12-21-17(23)14-6-7-15-13(16(14)19)8-11-20-15/h6-8,11,20H,3-5,9-10,12H2,1-2H3,(H,21,23). The summed E-state index contributed by atoms with van der Waals surface area (Å²) in [6, 6.07) is 5.59. The Balaban J connectivity index is 1.76. The van der Waals surface area contributed by atoms with Crippen molar-refractivity contribution in [2.75, 3.05) is 20.6 Å². The molecule has 1 aromatic heterocycles. The van der Waals surface area contributed by atoms with Gasteiger partial charge in [0.05, 0.1) is 10.6 Å². The average molecular weight is 334 g/mol. The van der Waals surface area contributed by atoms with Crippen molar-refractivity contribution in [3.8, 4) is 0 Å². The summed E-state index contributed by atoms with van der Waals surface area (Å²) in [6.45, 7) is 0.667. The summed E-state index contributed by atoms with van der Waals surface area (Å²) in [5, 5.41) is 4.52. The largest absolute Gasteiger partial charge is 0.361 e. The van der Waals surface area contributed by atoms with Crippen LogP contribution in [-0.4, -0.2) is 42.0 Å². The van der Waals surface area contributed by atoms with Crippen LogP contribution < -0.4 is 5.32 Å². The quantitative estimate of drug-likeness (QED) is 0.893. The number of nitrogens with one attached hydrogen (secondary N) is 2. The minimum atomic E-state index is -0.0927. The number of carbonyl (C=O) groups excluding carboxylic acids is 1. The minimum absolute atomic E-state index is 0.0680. The lowest BCUT2D eigenvalue weighted by Gasteiger charge is -2.43. The molecule has 0 bridgehead atoms. The summed E-state index contributed by atoms with van der Waals surface area (Å²) in [5.41, 5.74) is 1.56. The molecule has 1 heterocycles. The van der Waals surface area contributed by atoms with Gasteiger partial charge in [-0.3, -0.25) is 4.79 Å². The number of aromatic amines is 1. The normalized spacial score (nSPS) is 17.6. The maximum absolute atomic E-state index is 12.6. The van der Waals surface area contributed by atoms with E-state index >= 15 is 0 Å². The van der Waals surface area contributed by atoms with Crippen molar-refractivity contribution in [1.29, 1.82) is 0 Å². The molecule has 0 unspecified atom stereocenters. The highest BCUT2D eigenvalue weighted by atomic mass is 35.5. The van der Waals surface area contributed by atoms with Crippen molar-refractivity contribution in [3.05, 3.63) is 35.0 Å². The number of aromatic nitrogens is 1. The number of fused-ring (bicyclic) bond motifs is 1. The Morgan fingerprint density at radius 1 is 1.26 bits per heavy atom.